The third kappa shape index (κ3) is 5.27. The maximum Gasteiger partial charge on any atom is 0.264 e. The van der Waals surface area contributed by atoms with Crippen molar-refractivity contribution in [3.63, 3.8) is 0 Å². The summed E-state index contributed by atoms with van der Waals surface area (Å²) in [6.07, 6.45) is 5.85. The van der Waals surface area contributed by atoms with Crippen LogP contribution in [0.3, 0.4) is 0 Å². The zero-order valence-corrected chi connectivity index (χ0v) is 25.9. The number of fused-ring (bicyclic) bond motifs is 3. The number of pyridine rings is 1. The van der Waals surface area contributed by atoms with Crippen LogP contribution in [0.4, 0.5) is 5.69 Å². The normalized spacial score (nSPS) is 14.3. The second-order valence-corrected chi connectivity index (χ2v) is 13.8. The third-order valence-corrected chi connectivity index (χ3v) is 10.6. The predicted octanol–water partition coefficient (Wildman–Crippen LogP) is 8.17. The van der Waals surface area contributed by atoms with Gasteiger partial charge in [-0.1, -0.05) is 78.7 Å². The number of hydrogen-bond acceptors (Lipinski definition) is 4. The van der Waals surface area contributed by atoms with E-state index in [4.69, 9.17) is 4.98 Å². The van der Waals surface area contributed by atoms with Gasteiger partial charge < -0.3 is 4.98 Å². The first kappa shape index (κ1) is 28.3. The van der Waals surface area contributed by atoms with E-state index in [0.717, 1.165) is 56.3 Å². The van der Waals surface area contributed by atoms with Gasteiger partial charge in [-0.05, 0) is 79.9 Å². The lowest BCUT2D eigenvalue weighted by molar-refractivity contribution is 0.221. The Kier molecular flexibility index (Phi) is 7.44. The average Bonchev–Trinajstić information content (AvgIpc) is 3.43. The maximum absolute atomic E-state index is 13.6. The van der Waals surface area contributed by atoms with E-state index in [-0.39, 0.29) is 4.90 Å². The summed E-state index contributed by atoms with van der Waals surface area (Å²) < 4.78 is 28.5. The van der Waals surface area contributed by atoms with Gasteiger partial charge in [-0.2, -0.15) is 0 Å². The molecule has 0 aliphatic carbocycles. The van der Waals surface area contributed by atoms with Gasteiger partial charge in [0.1, 0.15) is 5.65 Å². The number of H-pyrrole nitrogens is 1. The number of aryl methyl sites for hydroxylation is 1. The van der Waals surface area contributed by atoms with E-state index in [1.54, 1.807) is 19.2 Å². The highest BCUT2D eigenvalue weighted by Crippen LogP contribution is 2.41. The van der Waals surface area contributed by atoms with Crippen LogP contribution < -0.4 is 4.31 Å². The van der Waals surface area contributed by atoms with Gasteiger partial charge in [0.2, 0.25) is 0 Å². The molecular weight excluding hydrogens is 565 g/mol. The summed E-state index contributed by atoms with van der Waals surface area (Å²) in [6, 6.07) is 32.0. The largest absolute Gasteiger partial charge is 0.339 e. The number of piperidine rings is 1. The van der Waals surface area contributed by atoms with Gasteiger partial charge in [0.05, 0.1) is 10.6 Å². The monoisotopic (exact) mass is 600 g/mol. The Balaban J connectivity index is 1.35. The van der Waals surface area contributed by atoms with Crippen LogP contribution in [-0.2, 0) is 16.6 Å². The summed E-state index contributed by atoms with van der Waals surface area (Å²) in [5.41, 5.74) is 8.90. The van der Waals surface area contributed by atoms with Crippen LogP contribution in [0.1, 0.15) is 30.4 Å². The molecule has 0 bridgehead atoms. The van der Waals surface area contributed by atoms with Gasteiger partial charge in [0, 0.05) is 47.2 Å². The van der Waals surface area contributed by atoms with Crippen molar-refractivity contribution in [3.8, 4) is 22.3 Å². The van der Waals surface area contributed by atoms with E-state index in [2.05, 4.69) is 58.4 Å². The summed E-state index contributed by atoms with van der Waals surface area (Å²) in [6.45, 7) is 5.27. The van der Waals surface area contributed by atoms with Gasteiger partial charge >= 0.3 is 0 Å². The SMILES string of the molecule is Cc1ccc(S(=O)(=O)N(C)c2ccc3[nH]c4ncc(-c5ccc(CN6CCCCC6)cc5)c(-c5ccccc5)c4c3c2)cc1. The van der Waals surface area contributed by atoms with Crippen LogP contribution in [-0.4, -0.2) is 43.4 Å². The molecule has 1 N–H and O–H groups in total. The molecule has 1 saturated heterocycles. The van der Waals surface area contributed by atoms with Crippen LogP contribution in [0.2, 0.25) is 0 Å². The molecule has 44 heavy (non-hydrogen) atoms. The van der Waals surface area contributed by atoms with E-state index in [9.17, 15) is 8.42 Å². The van der Waals surface area contributed by atoms with Crippen LogP contribution in [0, 0.1) is 6.92 Å². The molecule has 7 heteroatoms. The molecule has 6 aromatic rings. The topological polar surface area (TPSA) is 69.3 Å². The highest BCUT2D eigenvalue weighted by molar-refractivity contribution is 7.92. The standard InChI is InChI=1S/C37H36N4O2S/c1-26-11-18-31(19-12-26)44(42,43)40(2)30-17-20-34-32(23-30)36-35(29-9-5-3-6-10-29)33(24-38-37(36)39-34)28-15-13-27(14-16-28)25-41-21-7-4-8-22-41/h3,5-6,9-20,23-24H,4,7-8,21-22,25H2,1-2H3,(H,38,39). The Morgan fingerprint density at radius 3 is 2.30 bits per heavy atom. The van der Waals surface area contributed by atoms with Crippen LogP contribution in [0.15, 0.2) is 108 Å². The minimum atomic E-state index is -3.74. The molecule has 222 valence electrons. The van der Waals surface area contributed by atoms with Crippen molar-refractivity contribution in [2.75, 3.05) is 24.4 Å². The fraction of sp³-hybridized carbons (Fsp3) is 0.216. The molecule has 1 aliphatic heterocycles. The summed E-state index contributed by atoms with van der Waals surface area (Å²) in [7, 11) is -2.13. The first-order valence-electron chi connectivity index (χ1n) is 15.3. The number of benzene rings is 4. The number of nitrogens with one attached hydrogen (secondary N) is 1. The fourth-order valence-corrected chi connectivity index (χ4v) is 7.52. The molecule has 4 aromatic carbocycles. The molecule has 0 saturated carbocycles. The number of rotatable bonds is 7. The Morgan fingerprint density at radius 1 is 0.841 bits per heavy atom. The Labute approximate surface area is 259 Å². The lowest BCUT2D eigenvalue weighted by atomic mass is 9.92. The smallest absolute Gasteiger partial charge is 0.264 e. The lowest BCUT2D eigenvalue weighted by Crippen LogP contribution is -2.28. The van der Waals surface area contributed by atoms with Crippen molar-refractivity contribution in [2.45, 2.75) is 37.6 Å². The lowest BCUT2D eigenvalue weighted by Gasteiger charge is -2.26. The molecule has 0 radical (unpaired) electrons. The number of aromatic nitrogens is 2. The molecule has 3 heterocycles. The van der Waals surface area contributed by atoms with Crippen LogP contribution in [0.5, 0.6) is 0 Å². The van der Waals surface area contributed by atoms with Crippen molar-refractivity contribution in [1.82, 2.24) is 14.9 Å². The second kappa shape index (κ2) is 11.6. The Hall–Kier alpha value is -4.46. The van der Waals surface area contributed by atoms with Gasteiger partial charge in [0.25, 0.3) is 10.0 Å². The highest BCUT2D eigenvalue weighted by Gasteiger charge is 2.23. The molecule has 0 unspecified atom stereocenters. The van der Waals surface area contributed by atoms with E-state index < -0.39 is 10.0 Å². The minimum absolute atomic E-state index is 0.266. The predicted molar refractivity (Wildman–Crippen MR) is 180 cm³/mol. The first-order valence-corrected chi connectivity index (χ1v) is 16.7. The molecule has 6 nitrogen and oxygen atoms in total. The zero-order valence-electron chi connectivity index (χ0n) is 25.1. The second-order valence-electron chi connectivity index (χ2n) is 11.8. The van der Waals surface area contributed by atoms with E-state index in [1.165, 1.54) is 42.2 Å². The molecule has 0 spiro atoms. The quantitative estimate of drug-likeness (QED) is 0.201. The highest BCUT2D eigenvalue weighted by atomic mass is 32.2. The summed E-state index contributed by atoms with van der Waals surface area (Å²) >= 11 is 0. The molecule has 7 rings (SSSR count). The molecular formula is C37H36N4O2S. The van der Waals surface area contributed by atoms with Gasteiger partial charge in [-0.15, -0.1) is 0 Å². The molecule has 0 amide bonds. The van der Waals surface area contributed by atoms with E-state index in [1.807, 2.05) is 49.5 Å². The summed E-state index contributed by atoms with van der Waals surface area (Å²) in [5, 5.41) is 1.91. The van der Waals surface area contributed by atoms with Crippen LogP contribution in [0.25, 0.3) is 44.2 Å². The summed E-state index contributed by atoms with van der Waals surface area (Å²) in [5.74, 6) is 0. The average molecular weight is 601 g/mol. The third-order valence-electron chi connectivity index (χ3n) is 8.83. The summed E-state index contributed by atoms with van der Waals surface area (Å²) in [4.78, 5) is 11.2. The van der Waals surface area contributed by atoms with Crippen LogP contribution >= 0.6 is 0 Å². The molecule has 1 aliphatic rings. The molecule has 0 atom stereocenters. The fourth-order valence-electron chi connectivity index (χ4n) is 6.34. The maximum atomic E-state index is 13.6. The first-order chi connectivity index (χ1) is 21.4. The van der Waals surface area contributed by atoms with E-state index in [0.29, 0.717) is 5.69 Å². The van der Waals surface area contributed by atoms with Gasteiger partial charge in [0.15, 0.2) is 0 Å². The van der Waals surface area contributed by atoms with Crippen molar-refractivity contribution >= 4 is 37.6 Å². The zero-order chi connectivity index (χ0) is 30.3. The van der Waals surface area contributed by atoms with Crippen molar-refractivity contribution in [2.24, 2.45) is 0 Å². The number of nitrogens with zero attached hydrogens (tertiary/aromatic N) is 3. The van der Waals surface area contributed by atoms with E-state index >= 15 is 0 Å². The number of aromatic amines is 1. The van der Waals surface area contributed by atoms with Crippen molar-refractivity contribution in [3.05, 3.63) is 114 Å². The number of likely N-dealkylation sites (tertiary alicyclic amines) is 1. The minimum Gasteiger partial charge on any atom is -0.339 e. The van der Waals surface area contributed by atoms with Gasteiger partial charge in [-0.3, -0.25) is 9.21 Å². The molecule has 2 aromatic heterocycles. The number of anilines is 1. The number of sulfonamides is 1. The van der Waals surface area contributed by atoms with Crippen molar-refractivity contribution in [1.29, 1.82) is 0 Å². The Bertz CT molecular complexity index is 2050. The number of hydrogen-bond donors (Lipinski definition) is 1. The van der Waals surface area contributed by atoms with Crippen molar-refractivity contribution < 1.29 is 8.42 Å². The molecule has 1 fully saturated rings. The Morgan fingerprint density at radius 2 is 1.57 bits per heavy atom. The van der Waals surface area contributed by atoms with Gasteiger partial charge in [-0.25, -0.2) is 13.4 Å².